The Morgan fingerprint density at radius 2 is 2.11 bits per heavy atom. The Labute approximate surface area is 119 Å². The van der Waals surface area contributed by atoms with E-state index in [0.29, 0.717) is 17.1 Å². The Morgan fingerprint density at radius 3 is 2.78 bits per heavy atom. The van der Waals surface area contributed by atoms with Crippen LogP contribution in [0.1, 0.15) is 26.7 Å². The second-order valence-electron chi connectivity index (χ2n) is 5.20. The number of hydrogen-bond donors (Lipinski definition) is 1. The molecular weight excluding hydrogens is 267 g/mol. The number of piperidine rings is 1. The molecule has 1 N–H and O–H groups in total. The van der Waals surface area contributed by atoms with Crippen molar-refractivity contribution in [3.63, 3.8) is 0 Å². The maximum atomic E-state index is 6.27. The quantitative estimate of drug-likeness (QED) is 0.905. The molecule has 1 heterocycles. The predicted molar refractivity (Wildman–Crippen MR) is 80.0 cm³/mol. The maximum Gasteiger partial charge on any atom is 0.0654 e. The fourth-order valence-corrected chi connectivity index (χ4v) is 3.07. The van der Waals surface area contributed by atoms with Crippen LogP contribution in [0, 0.1) is 0 Å². The summed E-state index contributed by atoms with van der Waals surface area (Å²) in [6.07, 6.45) is 2.43. The van der Waals surface area contributed by atoms with E-state index >= 15 is 0 Å². The van der Waals surface area contributed by atoms with Crippen molar-refractivity contribution in [1.29, 1.82) is 0 Å². The van der Waals surface area contributed by atoms with Gasteiger partial charge in [-0.2, -0.15) is 0 Å². The van der Waals surface area contributed by atoms with Gasteiger partial charge in [0.25, 0.3) is 0 Å². The number of benzene rings is 1. The molecule has 1 aromatic carbocycles. The highest BCUT2D eigenvalue weighted by molar-refractivity contribution is 6.36. The van der Waals surface area contributed by atoms with E-state index in [1.807, 2.05) is 18.2 Å². The third kappa shape index (κ3) is 3.53. The third-order valence-electron chi connectivity index (χ3n) is 3.24. The normalized spacial score (nSPS) is 20.5. The molecule has 2 rings (SSSR count). The summed E-state index contributed by atoms with van der Waals surface area (Å²) in [6, 6.07) is 6.81. The van der Waals surface area contributed by atoms with Gasteiger partial charge in [-0.15, -0.1) is 0 Å². The molecule has 2 nitrogen and oxygen atoms in total. The molecule has 1 aliphatic rings. The Balaban J connectivity index is 2.08. The lowest BCUT2D eigenvalue weighted by Gasteiger charge is -2.36. The molecule has 1 saturated heterocycles. The summed E-state index contributed by atoms with van der Waals surface area (Å²) in [4.78, 5) is 2.35. The molecule has 0 saturated carbocycles. The SMILES string of the molecule is CC(C)NC1CCCN(c2ccc(Cl)cc2Cl)C1. The molecule has 0 aliphatic carbocycles. The molecule has 0 amide bonds. The third-order valence-corrected chi connectivity index (χ3v) is 3.78. The predicted octanol–water partition coefficient (Wildman–Crippen LogP) is 3.96. The minimum atomic E-state index is 0.524. The number of nitrogens with zero attached hydrogens (tertiary/aromatic N) is 1. The molecule has 1 atom stereocenters. The lowest BCUT2D eigenvalue weighted by atomic mass is 10.0. The number of nitrogens with one attached hydrogen (secondary N) is 1. The maximum absolute atomic E-state index is 6.27. The molecule has 0 spiro atoms. The Morgan fingerprint density at radius 1 is 1.33 bits per heavy atom. The van der Waals surface area contributed by atoms with Crippen molar-refractivity contribution in [3.05, 3.63) is 28.2 Å². The van der Waals surface area contributed by atoms with Gasteiger partial charge in [0, 0.05) is 30.2 Å². The van der Waals surface area contributed by atoms with Crippen LogP contribution in [-0.2, 0) is 0 Å². The first-order valence-electron chi connectivity index (χ1n) is 6.52. The van der Waals surface area contributed by atoms with Crippen molar-refractivity contribution < 1.29 is 0 Å². The smallest absolute Gasteiger partial charge is 0.0654 e. The van der Waals surface area contributed by atoms with Gasteiger partial charge in [-0.3, -0.25) is 0 Å². The molecule has 1 fully saturated rings. The summed E-state index contributed by atoms with van der Waals surface area (Å²) < 4.78 is 0. The number of anilines is 1. The van der Waals surface area contributed by atoms with E-state index < -0.39 is 0 Å². The van der Waals surface area contributed by atoms with E-state index in [4.69, 9.17) is 23.2 Å². The second-order valence-corrected chi connectivity index (χ2v) is 6.05. The van der Waals surface area contributed by atoms with Gasteiger partial charge in [0.2, 0.25) is 0 Å². The summed E-state index contributed by atoms with van der Waals surface area (Å²) in [6.45, 7) is 6.46. The van der Waals surface area contributed by atoms with Gasteiger partial charge >= 0.3 is 0 Å². The Bertz CT molecular complexity index is 407. The number of hydrogen-bond acceptors (Lipinski definition) is 2. The fourth-order valence-electron chi connectivity index (χ4n) is 2.54. The molecule has 0 radical (unpaired) electrons. The summed E-state index contributed by atoms with van der Waals surface area (Å²) in [7, 11) is 0. The molecule has 18 heavy (non-hydrogen) atoms. The van der Waals surface area contributed by atoms with Crippen molar-refractivity contribution in [2.75, 3.05) is 18.0 Å². The van der Waals surface area contributed by atoms with E-state index in [9.17, 15) is 0 Å². The van der Waals surface area contributed by atoms with Gasteiger partial charge in [0.1, 0.15) is 0 Å². The fraction of sp³-hybridized carbons (Fsp3) is 0.571. The van der Waals surface area contributed by atoms with Crippen molar-refractivity contribution in [2.24, 2.45) is 0 Å². The number of halogens is 2. The van der Waals surface area contributed by atoms with Crippen LogP contribution in [0.4, 0.5) is 5.69 Å². The summed E-state index contributed by atoms with van der Waals surface area (Å²) in [5, 5.41) is 5.04. The average molecular weight is 287 g/mol. The van der Waals surface area contributed by atoms with Gasteiger partial charge in [0.05, 0.1) is 10.7 Å². The van der Waals surface area contributed by atoms with Crippen LogP contribution in [0.25, 0.3) is 0 Å². The van der Waals surface area contributed by atoms with E-state index in [1.165, 1.54) is 12.8 Å². The van der Waals surface area contributed by atoms with E-state index in [-0.39, 0.29) is 0 Å². The highest BCUT2D eigenvalue weighted by atomic mass is 35.5. The molecule has 4 heteroatoms. The minimum absolute atomic E-state index is 0.524. The van der Waals surface area contributed by atoms with Gasteiger partial charge in [-0.1, -0.05) is 37.0 Å². The molecule has 1 unspecified atom stereocenters. The molecule has 1 aliphatic heterocycles. The summed E-state index contributed by atoms with van der Waals surface area (Å²) in [5.41, 5.74) is 1.09. The highest BCUT2D eigenvalue weighted by Crippen LogP contribution is 2.30. The van der Waals surface area contributed by atoms with Crippen LogP contribution in [0.3, 0.4) is 0 Å². The summed E-state index contributed by atoms with van der Waals surface area (Å²) in [5.74, 6) is 0. The largest absolute Gasteiger partial charge is 0.369 e. The zero-order valence-corrected chi connectivity index (χ0v) is 12.4. The average Bonchev–Trinajstić information content (AvgIpc) is 2.28. The lowest BCUT2D eigenvalue weighted by Crippen LogP contribution is -2.48. The van der Waals surface area contributed by atoms with Crippen LogP contribution in [-0.4, -0.2) is 25.2 Å². The molecule has 1 aromatic rings. The zero-order chi connectivity index (χ0) is 13.1. The van der Waals surface area contributed by atoms with Gasteiger partial charge in [-0.05, 0) is 31.0 Å². The van der Waals surface area contributed by atoms with Crippen LogP contribution in [0.15, 0.2) is 18.2 Å². The van der Waals surface area contributed by atoms with Gasteiger partial charge in [0.15, 0.2) is 0 Å². The highest BCUT2D eigenvalue weighted by Gasteiger charge is 2.21. The molecule has 0 aromatic heterocycles. The minimum Gasteiger partial charge on any atom is -0.369 e. The first-order valence-corrected chi connectivity index (χ1v) is 7.28. The van der Waals surface area contributed by atoms with Crippen LogP contribution >= 0.6 is 23.2 Å². The van der Waals surface area contributed by atoms with Crippen LogP contribution in [0.5, 0.6) is 0 Å². The van der Waals surface area contributed by atoms with Gasteiger partial charge in [-0.25, -0.2) is 0 Å². The molecule has 100 valence electrons. The lowest BCUT2D eigenvalue weighted by molar-refractivity contribution is 0.395. The van der Waals surface area contributed by atoms with E-state index in [2.05, 4.69) is 24.1 Å². The Kier molecular flexibility index (Phi) is 4.77. The standard InChI is InChI=1S/C14H20Cl2N2/c1-10(2)17-12-4-3-7-18(9-12)14-6-5-11(15)8-13(14)16/h5-6,8,10,12,17H,3-4,7,9H2,1-2H3. The summed E-state index contributed by atoms with van der Waals surface area (Å²) >= 11 is 12.2. The number of rotatable bonds is 3. The monoisotopic (exact) mass is 286 g/mol. The van der Waals surface area contributed by atoms with Gasteiger partial charge < -0.3 is 10.2 Å². The zero-order valence-electron chi connectivity index (χ0n) is 10.9. The van der Waals surface area contributed by atoms with Crippen molar-refractivity contribution in [3.8, 4) is 0 Å². The van der Waals surface area contributed by atoms with Crippen LogP contribution < -0.4 is 10.2 Å². The van der Waals surface area contributed by atoms with Crippen molar-refractivity contribution in [2.45, 2.75) is 38.8 Å². The Hall–Kier alpha value is -0.440. The topological polar surface area (TPSA) is 15.3 Å². The van der Waals surface area contributed by atoms with E-state index in [1.54, 1.807) is 0 Å². The van der Waals surface area contributed by atoms with Crippen molar-refractivity contribution in [1.82, 2.24) is 5.32 Å². The second kappa shape index (κ2) is 6.14. The van der Waals surface area contributed by atoms with Crippen molar-refractivity contribution >= 4 is 28.9 Å². The molecular formula is C14H20Cl2N2. The first-order chi connectivity index (χ1) is 8.56. The van der Waals surface area contributed by atoms with E-state index in [0.717, 1.165) is 23.8 Å². The van der Waals surface area contributed by atoms with Crippen LogP contribution in [0.2, 0.25) is 10.0 Å². The molecule has 0 bridgehead atoms. The first kappa shape index (κ1) is 14.0.